The van der Waals surface area contributed by atoms with Crippen LogP contribution >= 0.6 is 0 Å². The summed E-state index contributed by atoms with van der Waals surface area (Å²) in [5.41, 5.74) is 23.1. The van der Waals surface area contributed by atoms with Gasteiger partial charge in [-0.2, -0.15) is 0 Å². The fourth-order valence-electron chi connectivity index (χ4n) is 18.4. The van der Waals surface area contributed by atoms with Crippen molar-refractivity contribution >= 4 is 96.9 Å². The number of pyridine rings is 6. The van der Waals surface area contributed by atoms with Crippen molar-refractivity contribution in [2.75, 3.05) is 0 Å². The van der Waals surface area contributed by atoms with Gasteiger partial charge in [-0.3, -0.25) is 0 Å². The van der Waals surface area contributed by atoms with Crippen LogP contribution in [0.25, 0.3) is 101 Å². The molecule has 8 nitrogen and oxygen atoms in total. The van der Waals surface area contributed by atoms with Crippen LogP contribution in [0.2, 0.25) is 72.0 Å². The molecular weight excluding hydrogens is 2290 g/mol. The Labute approximate surface area is 854 Å². The fourth-order valence-corrected chi connectivity index (χ4v) is 33.2. The Kier molecular flexibility index (Phi) is 35.0. The van der Waals surface area contributed by atoms with E-state index in [0.717, 1.165) is 97.9 Å². The predicted octanol–water partition coefficient (Wildman–Crippen LogP) is 23.5. The average molecular weight is 2410 g/mol. The number of hydrogen-bond donors (Lipinski definition) is 0. The molecule has 0 saturated heterocycles. The largest absolute Gasteiger partial charge is 0.305 e. The molecular formula is C119H118Ir3N6O2SSi5-6. The van der Waals surface area contributed by atoms with Crippen LogP contribution in [0.5, 0.6) is 0 Å². The zero-order chi connectivity index (χ0) is 93.8. The summed E-state index contributed by atoms with van der Waals surface area (Å²) >= 11 is 0. The zero-order valence-electron chi connectivity index (χ0n) is 80.7. The predicted molar refractivity (Wildman–Crippen MR) is 571 cm³/mol. The number of fused-ring (bicyclic) bond motifs is 9. The van der Waals surface area contributed by atoms with Crippen LogP contribution < -0.4 is 46.7 Å². The standard InChI is InChI=1S/C36H36NSi2.C26H32NSi2.C24H26NO2SSi.3C11H8N.3Ir/c1-26(2)22-28-23-33(37-25-36(28)38(3,4)5)27-20-21-32-31-18-12-13-19-34(31)39(35(32)24-27,29-14-8-6-9-15-29)30-16-10-7-11-17-30;1-18(2)14-20-15-23(27-17-26(20)28(3,4)5)19-12-13-22-21-10-8-9-11-24(21)29(6,7)25(22)16-19;1-16(2)12-18-13-21(25-15-24(18)29(3,4)5)17-10-11-20-19-8-6-7-9-22(19)28(26,27)23(20)14-17;3*1-2-6-10(7-3-1)11-8-4-5-9-12-11;;;/h6-19,21,23-26H,22H2,1-5H3;8-11,13,15-18H,14H2,1-7H3;6-9,11,13-16H,12H2,1-5H3;3*1-6,8-9H;;;/q6*-1;;;. The van der Waals surface area contributed by atoms with Crippen LogP contribution in [0.3, 0.4) is 0 Å². The number of sulfone groups is 1. The summed E-state index contributed by atoms with van der Waals surface area (Å²) in [5, 5.41) is 13.2. The maximum Gasteiger partial charge on any atom is 0.189 e. The monoisotopic (exact) mass is 2410 g/mol. The van der Waals surface area contributed by atoms with E-state index in [2.05, 4.69) is 329 Å². The van der Waals surface area contributed by atoms with Crippen molar-refractivity contribution in [3.63, 3.8) is 0 Å². The molecule has 0 fully saturated rings. The second kappa shape index (κ2) is 45.7. The van der Waals surface area contributed by atoms with Gasteiger partial charge < -0.3 is 29.9 Å². The summed E-state index contributed by atoms with van der Waals surface area (Å²) in [6.45, 7) is 40.1. The van der Waals surface area contributed by atoms with Gasteiger partial charge in [0.25, 0.3) is 0 Å². The molecule has 17 aromatic rings. The zero-order valence-corrected chi connectivity index (χ0v) is 93.7. The van der Waals surface area contributed by atoms with Gasteiger partial charge in [0.05, 0.1) is 37.2 Å². The molecule has 0 amide bonds. The first-order valence-electron chi connectivity index (χ1n) is 46.3. The summed E-state index contributed by atoms with van der Waals surface area (Å²) in [6.07, 6.45) is 14.9. The Morgan fingerprint density at radius 2 is 0.610 bits per heavy atom. The van der Waals surface area contributed by atoms with Crippen LogP contribution in [-0.2, 0) is 89.4 Å². The molecule has 3 aliphatic heterocycles. The van der Waals surface area contributed by atoms with E-state index in [0.29, 0.717) is 27.5 Å². The summed E-state index contributed by atoms with van der Waals surface area (Å²) in [6, 6.07) is 128. The van der Waals surface area contributed by atoms with Crippen molar-refractivity contribution < 1.29 is 68.7 Å². The van der Waals surface area contributed by atoms with Gasteiger partial charge in [-0.15, -0.1) is 189 Å². The third kappa shape index (κ3) is 23.8. The molecule has 0 spiro atoms. The van der Waals surface area contributed by atoms with Gasteiger partial charge in [0.2, 0.25) is 0 Å². The molecule has 6 aromatic heterocycles. The minimum atomic E-state index is -3.50. The van der Waals surface area contributed by atoms with Gasteiger partial charge >= 0.3 is 0 Å². The maximum absolute atomic E-state index is 13.0. The van der Waals surface area contributed by atoms with E-state index < -0.39 is 50.2 Å². The minimum Gasteiger partial charge on any atom is -0.305 e. The van der Waals surface area contributed by atoms with Gasteiger partial charge in [0.15, 0.2) is 17.9 Å². The van der Waals surface area contributed by atoms with Gasteiger partial charge in [0.1, 0.15) is 0 Å². The third-order valence-electron chi connectivity index (χ3n) is 24.6. The Balaban J connectivity index is 0.000000154. The van der Waals surface area contributed by atoms with Gasteiger partial charge in [-0.25, -0.2) is 8.42 Å². The van der Waals surface area contributed by atoms with E-state index in [4.69, 9.17) is 15.0 Å². The molecule has 0 bridgehead atoms. The summed E-state index contributed by atoms with van der Waals surface area (Å²) in [7, 11) is -12.1. The van der Waals surface area contributed by atoms with Gasteiger partial charge in [0, 0.05) is 97.5 Å². The molecule has 0 N–H and O–H groups in total. The number of rotatable bonds is 17. The number of aromatic nitrogens is 6. The summed E-state index contributed by atoms with van der Waals surface area (Å²) in [5.74, 6) is 1.79. The molecule has 695 valence electrons. The van der Waals surface area contributed by atoms with Crippen molar-refractivity contribution in [1.29, 1.82) is 0 Å². The van der Waals surface area contributed by atoms with Crippen LogP contribution in [0.4, 0.5) is 0 Å². The van der Waals surface area contributed by atoms with Crippen LogP contribution in [0.1, 0.15) is 58.2 Å². The molecule has 9 heterocycles. The number of hydrogen-bond acceptors (Lipinski definition) is 8. The minimum absolute atomic E-state index is 0. The maximum atomic E-state index is 13.0. The van der Waals surface area contributed by atoms with E-state index in [1.807, 2.05) is 146 Å². The molecule has 0 aliphatic carbocycles. The molecule has 3 radical (unpaired) electrons. The molecule has 11 aromatic carbocycles. The van der Waals surface area contributed by atoms with Crippen molar-refractivity contribution in [3.05, 3.63) is 406 Å². The first-order valence-corrected chi connectivity index (χ1v) is 63.3. The number of benzene rings is 11. The van der Waals surface area contributed by atoms with Crippen molar-refractivity contribution in [2.24, 2.45) is 17.8 Å². The average Bonchev–Trinajstić information content (AvgIpc) is 1.46. The van der Waals surface area contributed by atoms with E-state index in [9.17, 15) is 8.42 Å². The van der Waals surface area contributed by atoms with Crippen LogP contribution in [-0.4, -0.2) is 78.7 Å². The van der Waals surface area contributed by atoms with Crippen molar-refractivity contribution in [2.45, 2.75) is 143 Å². The van der Waals surface area contributed by atoms with E-state index >= 15 is 0 Å². The van der Waals surface area contributed by atoms with E-state index in [1.54, 1.807) is 48.0 Å². The Morgan fingerprint density at radius 1 is 0.287 bits per heavy atom. The SMILES string of the molecule is CC(C)Cc1cc(-c2[c-]cc3c(c2)S(=O)(=O)c2ccccc2-3)ncc1[Si](C)(C)C.CC(C)Cc1cc(-c2[c-]cc3c(c2)[Si](C)(C)c2ccccc2-3)ncc1[Si](C)(C)C.CC(C)Cc1cc(-c2[c-]cc3c(c2)[Si](c2ccccc2)(c2ccccc2)c2ccccc2-3)ncc1[Si](C)(C)C.[Ir].[Ir].[Ir].[c-]1ccccc1-c1ccccn1.[c-]1ccccc1-c1ccccn1.[c-]1ccccc1-c1ccccn1. The van der Waals surface area contributed by atoms with Crippen molar-refractivity contribution in [1.82, 2.24) is 29.9 Å². The molecule has 3 aliphatic rings. The first kappa shape index (κ1) is 104. The van der Waals surface area contributed by atoms with Crippen LogP contribution in [0, 0.1) is 54.2 Å². The van der Waals surface area contributed by atoms with Gasteiger partial charge in [-0.1, -0.05) is 345 Å². The topological polar surface area (TPSA) is 111 Å². The molecule has 0 unspecified atom stereocenters. The quantitative estimate of drug-likeness (QED) is 0.0655. The Hall–Kier alpha value is -10.7. The fraction of sp³-hybridized carbons (Fsp3) is 0.193. The summed E-state index contributed by atoms with van der Waals surface area (Å²) in [4.78, 5) is 28.1. The second-order valence-corrected chi connectivity index (χ2v) is 64.4. The molecule has 0 atom stereocenters. The van der Waals surface area contributed by atoms with Crippen LogP contribution in [0.15, 0.2) is 362 Å². The number of nitrogens with zero attached hydrogens (tertiary/aromatic N) is 6. The second-order valence-electron chi connectivity index (χ2n) is 39.4. The summed E-state index contributed by atoms with van der Waals surface area (Å²) < 4.78 is 26.1. The van der Waals surface area contributed by atoms with E-state index in [1.165, 1.54) is 80.4 Å². The Bertz CT molecular complexity index is 6660. The van der Waals surface area contributed by atoms with E-state index in [-0.39, 0.29) is 60.3 Å². The molecule has 136 heavy (non-hydrogen) atoms. The normalized spacial score (nSPS) is 12.8. The smallest absolute Gasteiger partial charge is 0.189 e. The van der Waals surface area contributed by atoms with Gasteiger partial charge in [-0.05, 0) is 137 Å². The molecule has 0 saturated carbocycles. The molecule has 20 rings (SSSR count). The molecule has 17 heteroatoms. The van der Waals surface area contributed by atoms with Crippen molar-refractivity contribution in [3.8, 4) is 101 Å². The Morgan fingerprint density at radius 3 is 0.978 bits per heavy atom. The third-order valence-corrected chi connectivity index (χ3v) is 41.1. The first-order chi connectivity index (χ1) is 63.9.